The lowest BCUT2D eigenvalue weighted by Crippen LogP contribution is -2.33. The van der Waals surface area contributed by atoms with Crippen LogP contribution in [0.3, 0.4) is 0 Å². The fourth-order valence-corrected chi connectivity index (χ4v) is 4.02. The van der Waals surface area contributed by atoms with Gasteiger partial charge in [0.15, 0.2) is 11.8 Å². The zero-order valence-corrected chi connectivity index (χ0v) is 21.9. The summed E-state index contributed by atoms with van der Waals surface area (Å²) in [5.41, 5.74) is 7.97. The van der Waals surface area contributed by atoms with Gasteiger partial charge in [-0.1, -0.05) is 49.1 Å². The number of aliphatic imine (C=N–C) groups is 1. The summed E-state index contributed by atoms with van der Waals surface area (Å²) in [6.45, 7) is 0.471. The molecule has 1 aromatic heterocycles. The Morgan fingerprint density at radius 2 is 1.83 bits per heavy atom. The van der Waals surface area contributed by atoms with Crippen molar-refractivity contribution in [2.75, 3.05) is 19.1 Å². The summed E-state index contributed by atoms with van der Waals surface area (Å²) in [5.74, 6) is 2.15. The summed E-state index contributed by atoms with van der Waals surface area (Å²) in [6, 6.07) is 13.7. The van der Waals surface area contributed by atoms with Gasteiger partial charge in [-0.2, -0.15) is 0 Å². The second kappa shape index (κ2) is 14.1. The van der Waals surface area contributed by atoms with E-state index in [9.17, 15) is 0 Å². The van der Waals surface area contributed by atoms with Crippen molar-refractivity contribution in [3.8, 4) is 5.75 Å². The van der Waals surface area contributed by atoms with E-state index in [4.69, 9.17) is 22.1 Å². The van der Waals surface area contributed by atoms with E-state index >= 15 is 0 Å². The van der Waals surface area contributed by atoms with E-state index in [2.05, 4.69) is 25.6 Å². The molecule has 4 N–H and O–H groups in total. The van der Waals surface area contributed by atoms with Crippen LogP contribution >= 0.6 is 36.4 Å². The number of methoxy groups -OCH3 is 1. The van der Waals surface area contributed by atoms with E-state index in [0.29, 0.717) is 41.1 Å². The number of guanidine groups is 1. The monoisotopic (exact) mass is 536 g/mol. The van der Waals surface area contributed by atoms with E-state index in [1.165, 1.54) is 32.1 Å². The molecule has 1 heterocycles. The topological polar surface area (TPSA) is 97.5 Å². The van der Waals surface area contributed by atoms with Crippen LogP contribution < -0.4 is 21.1 Å². The molecule has 0 amide bonds. The zero-order chi connectivity index (χ0) is 23.0. The molecule has 1 saturated carbocycles. The fraction of sp³-hybridized carbons (Fsp3) is 0.320. The number of nitrogens with two attached hydrogens (primary N) is 1. The first-order valence-electron chi connectivity index (χ1n) is 11.2. The van der Waals surface area contributed by atoms with Crippen molar-refractivity contribution in [1.29, 1.82) is 0 Å². The van der Waals surface area contributed by atoms with Crippen LogP contribution in [0.25, 0.3) is 23.1 Å². The first-order chi connectivity index (χ1) is 16.1. The number of halogens is 3. The largest absolute Gasteiger partial charge is 0.497 e. The average molecular weight is 538 g/mol. The Kier molecular flexibility index (Phi) is 11.5. The summed E-state index contributed by atoms with van der Waals surface area (Å²) >= 11 is 5.97. The molecule has 1 aliphatic rings. The molecule has 1 aliphatic carbocycles. The van der Waals surface area contributed by atoms with Crippen LogP contribution in [0.4, 0.5) is 5.82 Å². The lowest BCUT2D eigenvalue weighted by atomic mass is 9.96. The third-order valence-electron chi connectivity index (χ3n) is 5.70. The smallest absolute Gasteiger partial charge is 0.195 e. The van der Waals surface area contributed by atoms with Gasteiger partial charge < -0.3 is 15.8 Å². The molecule has 0 unspecified atom stereocenters. The number of fused-ring (bicyclic) bond motifs is 1. The van der Waals surface area contributed by atoms with Gasteiger partial charge in [0, 0.05) is 16.5 Å². The van der Waals surface area contributed by atoms with E-state index in [0.717, 1.165) is 16.5 Å². The summed E-state index contributed by atoms with van der Waals surface area (Å²) in [7, 11) is 1.63. The van der Waals surface area contributed by atoms with Gasteiger partial charge in [-0.15, -0.1) is 24.8 Å². The summed E-state index contributed by atoms with van der Waals surface area (Å²) < 4.78 is 5.38. The quantitative estimate of drug-likeness (QED) is 0.256. The van der Waals surface area contributed by atoms with Gasteiger partial charge in [0.25, 0.3) is 0 Å². The van der Waals surface area contributed by atoms with Crippen molar-refractivity contribution in [3.63, 3.8) is 0 Å². The molecule has 0 saturated heterocycles. The van der Waals surface area contributed by atoms with Crippen molar-refractivity contribution in [2.24, 2.45) is 10.7 Å². The maximum atomic E-state index is 6.19. The van der Waals surface area contributed by atoms with Crippen LogP contribution in [0, 0.1) is 0 Å². The predicted molar refractivity (Wildman–Crippen MR) is 151 cm³/mol. The second-order valence-electron chi connectivity index (χ2n) is 8.06. The van der Waals surface area contributed by atoms with Crippen molar-refractivity contribution in [2.45, 2.75) is 38.1 Å². The molecule has 1 fully saturated rings. The molecule has 0 bridgehead atoms. The first-order valence-corrected chi connectivity index (χ1v) is 11.6. The molecule has 10 heteroatoms. The second-order valence-corrected chi connectivity index (χ2v) is 8.50. The average Bonchev–Trinajstić information content (AvgIpc) is 2.84. The van der Waals surface area contributed by atoms with Gasteiger partial charge in [0.1, 0.15) is 11.6 Å². The van der Waals surface area contributed by atoms with Crippen LogP contribution in [0.1, 0.15) is 43.5 Å². The number of hydrogen-bond acceptors (Lipinski definition) is 5. The summed E-state index contributed by atoms with van der Waals surface area (Å²) in [6.07, 6.45) is 10.1. The van der Waals surface area contributed by atoms with Crippen LogP contribution in [-0.2, 0) is 0 Å². The Labute approximate surface area is 223 Å². The SMILES string of the molecule is COc1ccc2nc(/C=C/c3ccc(Cl)cc3)nc(NC(N)=NCNC3CCCCC3)c2c1.Cl.Cl. The number of nitrogens with zero attached hydrogens (tertiary/aromatic N) is 3. The summed E-state index contributed by atoms with van der Waals surface area (Å²) in [5, 5.41) is 8.12. The predicted octanol–water partition coefficient (Wildman–Crippen LogP) is 5.91. The highest BCUT2D eigenvalue weighted by molar-refractivity contribution is 6.30. The van der Waals surface area contributed by atoms with Gasteiger partial charge in [0.2, 0.25) is 0 Å². The zero-order valence-electron chi connectivity index (χ0n) is 19.5. The number of benzene rings is 2. The summed E-state index contributed by atoms with van der Waals surface area (Å²) in [4.78, 5) is 13.8. The number of anilines is 1. The van der Waals surface area contributed by atoms with E-state index < -0.39 is 0 Å². The standard InChI is InChI=1S/C25H29ClN6O.2ClH/c1-33-20-12-13-22-21(15-20)24(32-25(27)29-16-28-19-5-3-2-4-6-19)31-23(30-22)14-9-17-7-10-18(26)11-8-17;;/h7-15,19,28H,2-6,16H2,1H3,(H3,27,29,30,31,32);2*1H/b14-9+;;. The molecular weight excluding hydrogens is 507 g/mol. The molecule has 0 radical (unpaired) electrons. The molecule has 4 rings (SSSR count). The molecule has 7 nitrogen and oxygen atoms in total. The number of ether oxygens (including phenoxy) is 1. The van der Waals surface area contributed by atoms with Crippen molar-refractivity contribution in [1.82, 2.24) is 15.3 Å². The molecular formula is C25H31Cl3N6O. The maximum Gasteiger partial charge on any atom is 0.195 e. The first kappa shape index (κ1) is 28.7. The highest BCUT2D eigenvalue weighted by Crippen LogP contribution is 2.26. The molecule has 0 spiro atoms. The highest BCUT2D eigenvalue weighted by atomic mass is 35.5. The normalized spacial score (nSPS) is 14.4. The highest BCUT2D eigenvalue weighted by Gasteiger charge is 2.12. The van der Waals surface area contributed by atoms with Crippen LogP contribution in [0.5, 0.6) is 5.75 Å². The number of hydrogen-bond donors (Lipinski definition) is 3. The molecule has 35 heavy (non-hydrogen) atoms. The van der Waals surface area contributed by atoms with Gasteiger partial charge in [-0.05, 0) is 54.8 Å². The Morgan fingerprint density at radius 3 is 2.54 bits per heavy atom. The van der Waals surface area contributed by atoms with Crippen molar-refractivity contribution >= 4 is 71.2 Å². The minimum atomic E-state index is 0. The van der Waals surface area contributed by atoms with Gasteiger partial charge >= 0.3 is 0 Å². The van der Waals surface area contributed by atoms with Gasteiger partial charge in [-0.3, -0.25) is 5.32 Å². The number of nitrogens with one attached hydrogen (secondary N) is 2. The Bertz CT molecular complexity index is 1150. The van der Waals surface area contributed by atoms with Crippen LogP contribution in [-0.4, -0.2) is 35.7 Å². The maximum absolute atomic E-state index is 6.19. The molecule has 0 aliphatic heterocycles. The number of aromatic nitrogens is 2. The van der Waals surface area contributed by atoms with E-state index in [-0.39, 0.29) is 24.8 Å². The van der Waals surface area contributed by atoms with E-state index in [1.807, 2.05) is 54.6 Å². The van der Waals surface area contributed by atoms with Crippen molar-refractivity contribution < 1.29 is 4.74 Å². The fourth-order valence-electron chi connectivity index (χ4n) is 3.89. The Hall–Kier alpha value is -2.58. The third kappa shape index (κ3) is 8.25. The molecule has 0 atom stereocenters. The van der Waals surface area contributed by atoms with Crippen LogP contribution in [0.15, 0.2) is 47.5 Å². The number of rotatable bonds is 7. The molecule has 3 aromatic rings. The van der Waals surface area contributed by atoms with Crippen LogP contribution in [0.2, 0.25) is 5.02 Å². The van der Waals surface area contributed by atoms with Crippen molar-refractivity contribution in [3.05, 3.63) is 58.9 Å². The third-order valence-corrected chi connectivity index (χ3v) is 5.95. The van der Waals surface area contributed by atoms with Gasteiger partial charge in [0.05, 0.1) is 19.3 Å². The molecule has 2 aromatic carbocycles. The Morgan fingerprint density at radius 1 is 1.09 bits per heavy atom. The van der Waals surface area contributed by atoms with Gasteiger partial charge in [-0.25, -0.2) is 15.0 Å². The lowest BCUT2D eigenvalue weighted by molar-refractivity contribution is 0.378. The Balaban J connectivity index is 0.00000216. The minimum Gasteiger partial charge on any atom is -0.497 e. The lowest BCUT2D eigenvalue weighted by Gasteiger charge is -2.21. The van der Waals surface area contributed by atoms with E-state index in [1.54, 1.807) is 7.11 Å². The minimum absolute atomic E-state index is 0. The molecule has 188 valence electrons.